The first-order valence-corrected chi connectivity index (χ1v) is 11.4. The average molecular weight is 439 g/mol. The fourth-order valence-corrected chi connectivity index (χ4v) is 3.73. The van der Waals surface area contributed by atoms with Crippen molar-refractivity contribution in [1.82, 2.24) is 4.90 Å². The molecule has 2 aromatic rings. The van der Waals surface area contributed by atoms with Crippen LogP contribution in [-0.4, -0.2) is 36.6 Å². The summed E-state index contributed by atoms with van der Waals surface area (Å²) in [5.74, 6) is 0.959. The van der Waals surface area contributed by atoms with Crippen molar-refractivity contribution < 1.29 is 19.1 Å². The van der Waals surface area contributed by atoms with Gasteiger partial charge in [0, 0.05) is 24.7 Å². The van der Waals surface area contributed by atoms with Crippen molar-refractivity contribution in [3.63, 3.8) is 0 Å². The molecule has 0 aliphatic carbocycles. The third-order valence-corrected chi connectivity index (χ3v) is 5.70. The van der Waals surface area contributed by atoms with Gasteiger partial charge in [-0.05, 0) is 61.9 Å². The Labute approximate surface area is 190 Å². The number of ether oxygens (including phenoxy) is 2. The van der Waals surface area contributed by atoms with Crippen molar-refractivity contribution in [3.05, 3.63) is 59.7 Å². The van der Waals surface area contributed by atoms with Gasteiger partial charge < -0.3 is 19.7 Å². The van der Waals surface area contributed by atoms with Gasteiger partial charge in [-0.1, -0.05) is 44.2 Å². The fourth-order valence-electron chi connectivity index (χ4n) is 3.73. The Bertz CT molecular complexity index is 905. The third-order valence-electron chi connectivity index (χ3n) is 5.70. The lowest BCUT2D eigenvalue weighted by atomic mass is 9.96. The Morgan fingerprint density at radius 3 is 2.38 bits per heavy atom. The van der Waals surface area contributed by atoms with Crippen LogP contribution in [0.1, 0.15) is 50.8 Å². The summed E-state index contributed by atoms with van der Waals surface area (Å²) in [5.41, 5.74) is 2.85. The molecular weight excluding hydrogens is 404 g/mol. The molecule has 1 heterocycles. The number of carbonyl (C=O) groups excluding carboxylic acids is 2. The van der Waals surface area contributed by atoms with Crippen LogP contribution in [0.2, 0.25) is 0 Å². The number of anilines is 1. The largest absolute Gasteiger partial charge is 0.486 e. The standard InChI is InChI=1S/C26H34N2O4/c1-18(2)17-31-26(30)28-14-12-22(13-15-28)25(29)27-24-11-10-23(16-19(24)3)32-20(4)21-8-6-5-7-9-21/h5-11,16,18,20,22H,12-15,17H2,1-4H3,(H,27,29). The minimum Gasteiger partial charge on any atom is -0.486 e. The number of aryl methyl sites for hydroxylation is 1. The maximum atomic E-state index is 12.8. The number of nitrogens with one attached hydrogen (secondary N) is 1. The Balaban J connectivity index is 1.51. The van der Waals surface area contributed by atoms with Crippen molar-refractivity contribution >= 4 is 17.7 Å². The minimum atomic E-state index is -0.284. The number of benzene rings is 2. The van der Waals surface area contributed by atoms with Crippen molar-refractivity contribution in [2.75, 3.05) is 25.0 Å². The van der Waals surface area contributed by atoms with Gasteiger partial charge in [0.15, 0.2) is 0 Å². The Morgan fingerprint density at radius 1 is 1.06 bits per heavy atom. The third kappa shape index (κ3) is 6.49. The summed E-state index contributed by atoms with van der Waals surface area (Å²) in [7, 11) is 0. The van der Waals surface area contributed by atoms with Crippen molar-refractivity contribution in [2.24, 2.45) is 11.8 Å². The van der Waals surface area contributed by atoms with E-state index in [2.05, 4.69) is 5.32 Å². The molecule has 0 radical (unpaired) electrons. The van der Waals surface area contributed by atoms with Gasteiger partial charge in [-0.15, -0.1) is 0 Å². The summed E-state index contributed by atoms with van der Waals surface area (Å²) >= 11 is 0. The lowest BCUT2D eigenvalue weighted by Crippen LogP contribution is -2.42. The molecule has 172 valence electrons. The summed E-state index contributed by atoms with van der Waals surface area (Å²) < 4.78 is 11.4. The number of likely N-dealkylation sites (tertiary alicyclic amines) is 1. The second-order valence-corrected chi connectivity index (χ2v) is 8.87. The normalized spacial score (nSPS) is 15.3. The minimum absolute atomic E-state index is 0.00498. The molecule has 1 aliphatic rings. The van der Waals surface area contributed by atoms with Crippen LogP contribution in [0.3, 0.4) is 0 Å². The molecule has 1 unspecified atom stereocenters. The van der Waals surface area contributed by atoms with E-state index in [-0.39, 0.29) is 24.0 Å². The molecular formula is C26H34N2O4. The Kier molecular flexibility index (Phi) is 8.14. The topological polar surface area (TPSA) is 67.9 Å². The van der Waals surface area contributed by atoms with Gasteiger partial charge in [-0.3, -0.25) is 4.79 Å². The molecule has 2 aromatic carbocycles. The predicted molar refractivity (Wildman–Crippen MR) is 126 cm³/mol. The van der Waals surface area contributed by atoms with E-state index < -0.39 is 0 Å². The summed E-state index contributed by atoms with van der Waals surface area (Å²) in [6, 6.07) is 15.8. The van der Waals surface area contributed by atoms with Gasteiger partial charge in [-0.2, -0.15) is 0 Å². The second kappa shape index (κ2) is 11.0. The molecule has 1 aliphatic heterocycles. The van der Waals surface area contributed by atoms with E-state index in [4.69, 9.17) is 9.47 Å². The Morgan fingerprint density at radius 2 is 1.75 bits per heavy atom. The average Bonchev–Trinajstić information content (AvgIpc) is 2.79. The highest BCUT2D eigenvalue weighted by atomic mass is 16.6. The molecule has 1 atom stereocenters. The zero-order valence-corrected chi connectivity index (χ0v) is 19.5. The van der Waals surface area contributed by atoms with Gasteiger partial charge in [-0.25, -0.2) is 4.79 Å². The van der Waals surface area contributed by atoms with E-state index in [1.807, 2.05) is 76.2 Å². The molecule has 0 saturated carbocycles. The molecule has 1 fully saturated rings. The van der Waals surface area contributed by atoms with Gasteiger partial charge in [0.05, 0.1) is 6.61 Å². The molecule has 6 nitrogen and oxygen atoms in total. The van der Waals surface area contributed by atoms with Crippen LogP contribution >= 0.6 is 0 Å². The summed E-state index contributed by atoms with van der Waals surface area (Å²) in [4.78, 5) is 26.6. The Hall–Kier alpha value is -3.02. The zero-order valence-electron chi connectivity index (χ0n) is 19.5. The van der Waals surface area contributed by atoms with Crippen LogP contribution < -0.4 is 10.1 Å². The van der Waals surface area contributed by atoms with Crippen LogP contribution in [0.25, 0.3) is 0 Å². The number of nitrogens with zero attached hydrogens (tertiary/aromatic N) is 1. The SMILES string of the molecule is Cc1cc(OC(C)c2ccccc2)ccc1NC(=O)C1CCN(C(=O)OCC(C)C)CC1. The molecule has 1 N–H and O–H groups in total. The number of hydrogen-bond acceptors (Lipinski definition) is 4. The van der Waals surface area contributed by atoms with Gasteiger partial charge in [0.1, 0.15) is 11.9 Å². The fraction of sp³-hybridized carbons (Fsp3) is 0.462. The molecule has 6 heteroatoms. The summed E-state index contributed by atoms with van der Waals surface area (Å²) in [5, 5.41) is 3.05. The first kappa shape index (κ1) is 23.6. The molecule has 1 saturated heterocycles. The van der Waals surface area contributed by atoms with E-state index in [0.29, 0.717) is 38.5 Å². The van der Waals surface area contributed by atoms with E-state index in [1.54, 1.807) is 4.90 Å². The summed E-state index contributed by atoms with van der Waals surface area (Å²) in [6.45, 7) is 9.50. The highest BCUT2D eigenvalue weighted by molar-refractivity contribution is 5.93. The molecule has 2 amide bonds. The quantitative estimate of drug-likeness (QED) is 0.613. The monoisotopic (exact) mass is 438 g/mol. The van der Waals surface area contributed by atoms with E-state index in [9.17, 15) is 9.59 Å². The predicted octanol–water partition coefficient (Wildman–Crippen LogP) is 5.58. The van der Waals surface area contributed by atoms with Crippen LogP contribution in [0.5, 0.6) is 5.75 Å². The van der Waals surface area contributed by atoms with E-state index in [0.717, 1.165) is 22.6 Å². The van der Waals surface area contributed by atoms with Crippen LogP contribution in [-0.2, 0) is 9.53 Å². The number of piperidine rings is 1. The van der Waals surface area contributed by atoms with Crippen molar-refractivity contribution in [1.29, 1.82) is 0 Å². The lowest BCUT2D eigenvalue weighted by Gasteiger charge is -2.31. The summed E-state index contributed by atoms with van der Waals surface area (Å²) in [6.07, 6.45) is 0.928. The van der Waals surface area contributed by atoms with Crippen molar-refractivity contribution in [3.8, 4) is 5.75 Å². The first-order chi connectivity index (χ1) is 15.3. The number of carbonyl (C=O) groups is 2. The van der Waals surface area contributed by atoms with E-state index >= 15 is 0 Å². The first-order valence-electron chi connectivity index (χ1n) is 11.4. The highest BCUT2D eigenvalue weighted by Gasteiger charge is 2.28. The van der Waals surface area contributed by atoms with Crippen LogP contribution in [0, 0.1) is 18.8 Å². The van der Waals surface area contributed by atoms with Gasteiger partial charge in [0.25, 0.3) is 0 Å². The van der Waals surface area contributed by atoms with Crippen LogP contribution in [0.4, 0.5) is 10.5 Å². The number of hydrogen-bond donors (Lipinski definition) is 1. The van der Waals surface area contributed by atoms with Gasteiger partial charge in [0.2, 0.25) is 5.91 Å². The molecule has 0 spiro atoms. The number of amides is 2. The second-order valence-electron chi connectivity index (χ2n) is 8.87. The van der Waals surface area contributed by atoms with E-state index in [1.165, 1.54) is 0 Å². The number of rotatable bonds is 7. The molecule has 0 aromatic heterocycles. The zero-order chi connectivity index (χ0) is 23.1. The maximum Gasteiger partial charge on any atom is 0.409 e. The van der Waals surface area contributed by atoms with Crippen LogP contribution in [0.15, 0.2) is 48.5 Å². The molecule has 3 rings (SSSR count). The van der Waals surface area contributed by atoms with Crippen molar-refractivity contribution in [2.45, 2.75) is 46.6 Å². The lowest BCUT2D eigenvalue weighted by molar-refractivity contribution is -0.121. The highest BCUT2D eigenvalue weighted by Crippen LogP contribution is 2.27. The van der Waals surface area contributed by atoms with Gasteiger partial charge >= 0.3 is 6.09 Å². The molecule has 0 bridgehead atoms. The molecule has 32 heavy (non-hydrogen) atoms. The smallest absolute Gasteiger partial charge is 0.409 e. The maximum absolute atomic E-state index is 12.8.